The summed E-state index contributed by atoms with van der Waals surface area (Å²) in [7, 11) is 0. The van der Waals surface area contributed by atoms with Gasteiger partial charge in [0.25, 0.3) is 0 Å². The summed E-state index contributed by atoms with van der Waals surface area (Å²) in [5, 5.41) is 3.34. The highest BCUT2D eigenvalue weighted by molar-refractivity contribution is 5.96. The second-order valence-corrected chi connectivity index (χ2v) is 5.39. The van der Waals surface area contributed by atoms with E-state index in [0.29, 0.717) is 12.0 Å². The lowest BCUT2D eigenvalue weighted by Crippen LogP contribution is -2.54. The minimum atomic E-state index is -0.0883. The topological polar surface area (TPSA) is 45.2 Å². The van der Waals surface area contributed by atoms with Crippen molar-refractivity contribution in [3.8, 4) is 0 Å². The molecule has 1 aromatic heterocycles. The molecule has 2 heterocycles. The van der Waals surface area contributed by atoms with Crippen molar-refractivity contribution in [1.82, 2.24) is 15.2 Å². The molecule has 0 radical (unpaired) electrons. The first kappa shape index (κ1) is 13.2. The van der Waals surface area contributed by atoms with Crippen LogP contribution in [-0.4, -0.2) is 47.4 Å². The van der Waals surface area contributed by atoms with Crippen molar-refractivity contribution < 1.29 is 4.79 Å². The molecule has 1 fully saturated rings. The van der Waals surface area contributed by atoms with Gasteiger partial charge in [0.05, 0.1) is 0 Å². The van der Waals surface area contributed by atoms with Crippen molar-refractivity contribution in [3.05, 3.63) is 30.1 Å². The Morgan fingerprint density at radius 1 is 1.44 bits per heavy atom. The summed E-state index contributed by atoms with van der Waals surface area (Å²) < 4.78 is 0. The third-order valence-electron chi connectivity index (χ3n) is 3.55. The molecule has 98 valence electrons. The van der Waals surface area contributed by atoms with Crippen LogP contribution in [0.3, 0.4) is 0 Å². The Morgan fingerprint density at radius 2 is 2.17 bits per heavy atom. The van der Waals surface area contributed by atoms with Gasteiger partial charge in [-0.2, -0.15) is 0 Å². The number of nitrogens with zero attached hydrogens (tertiary/aromatic N) is 2. The fraction of sp³-hybridized carbons (Fsp3) is 0.571. The standard InChI is InChI=1S/C14H21N3O/c1-14(2,17-8-6-15-7-9-17)10-13(18)12-4-3-5-16-11-12/h3-5,11,15H,6-10H2,1-2H3. The molecule has 1 aromatic rings. The average Bonchev–Trinajstić information content (AvgIpc) is 2.40. The molecule has 0 unspecified atom stereocenters. The molecule has 1 saturated heterocycles. The molecule has 0 aliphatic carbocycles. The molecule has 0 saturated carbocycles. The molecule has 1 aliphatic rings. The third kappa shape index (κ3) is 3.15. The van der Waals surface area contributed by atoms with Gasteiger partial charge in [0, 0.05) is 56.1 Å². The minimum absolute atomic E-state index is 0.0883. The van der Waals surface area contributed by atoms with E-state index < -0.39 is 0 Å². The zero-order valence-electron chi connectivity index (χ0n) is 11.1. The predicted molar refractivity (Wildman–Crippen MR) is 71.7 cm³/mol. The minimum Gasteiger partial charge on any atom is -0.314 e. The van der Waals surface area contributed by atoms with E-state index in [0.717, 1.165) is 26.2 Å². The highest BCUT2D eigenvalue weighted by Crippen LogP contribution is 2.21. The number of nitrogens with one attached hydrogen (secondary N) is 1. The maximum absolute atomic E-state index is 12.2. The predicted octanol–water partition coefficient (Wildman–Crippen LogP) is 1.34. The van der Waals surface area contributed by atoms with Gasteiger partial charge >= 0.3 is 0 Å². The molecular formula is C14H21N3O. The summed E-state index contributed by atoms with van der Waals surface area (Å²) in [6.45, 7) is 8.31. The number of carbonyl (C=O) groups is 1. The lowest BCUT2D eigenvalue weighted by Gasteiger charge is -2.40. The van der Waals surface area contributed by atoms with Crippen molar-refractivity contribution in [1.29, 1.82) is 0 Å². The zero-order chi connectivity index (χ0) is 13.0. The number of Topliss-reactive ketones (excluding diaryl/α,β-unsaturated/α-hetero) is 1. The number of carbonyl (C=O) groups excluding carboxylic acids is 1. The van der Waals surface area contributed by atoms with Crippen LogP contribution in [0.5, 0.6) is 0 Å². The normalized spacial score (nSPS) is 17.7. The molecule has 18 heavy (non-hydrogen) atoms. The van der Waals surface area contributed by atoms with Gasteiger partial charge in [-0.25, -0.2) is 0 Å². The van der Waals surface area contributed by atoms with Crippen LogP contribution in [-0.2, 0) is 0 Å². The molecule has 0 spiro atoms. The van der Waals surface area contributed by atoms with Gasteiger partial charge in [0.2, 0.25) is 0 Å². The van der Waals surface area contributed by atoms with E-state index in [9.17, 15) is 4.79 Å². The van der Waals surface area contributed by atoms with Gasteiger partial charge < -0.3 is 5.32 Å². The maximum atomic E-state index is 12.2. The zero-order valence-corrected chi connectivity index (χ0v) is 11.1. The Bertz CT molecular complexity index is 397. The summed E-state index contributed by atoms with van der Waals surface area (Å²) in [5.74, 6) is 0.173. The van der Waals surface area contributed by atoms with E-state index in [1.807, 2.05) is 12.1 Å². The Kier molecular flexibility index (Phi) is 4.09. The number of hydrogen-bond acceptors (Lipinski definition) is 4. The largest absolute Gasteiger partial charge is 0.314 e. The van der Waals surface area contributed by atoms with Gasteiger partial charge in [-0.05, 0) is 26.0 Å². The van der Waals surface area contributed by atoms with Gasteiger partial charge in [-0.3, -0.25) is 14.7 Å². The average molecular weight is 247 g/mol. The van der Waals surface area contributed by atoms with E-state index in [-0.39, 0.29) is 11.3 Å². The number of rotatable bonds is 4. The molecule has 1 aliphatic heterocycles. The highest BCUT2D eigenvalue weighted by atomic mass is 16.1. The summed E-state index contributed by atoms with van der Waals surface area (Å²) in [6, 6.07) is 3.65. The summed E-state index contributed by atoms with van der Waals surface area (Å²) >= 11 is 0. The van der Waals surface area contributed by atoms with Gasteiger partial charge in [0.1, 0.15) is 0 Å². The van der Waals surface area contributed by atoms with Crippen molar-refractivity contribution in [2.75, 3.05) is 26.2 Å². The van der Waals surface area contributed by atoms with Crippen LogP contribution in [0.1, 0.15) is 30.6 Å². The van der Waals surface area contributed by atoms with E-state index in [2.05, 4.69) is 29.0 Å². The smallest absolute Gasteiger partial charge is 0.166 e. The first-order valence-corrected chi connectivity index (χ1v) is 6.48. The molecule has 2 rings (SSSR count). The van der Waals surface area contributed by atoms with E-state index in [1.54, 1.807) is 12.4 Å². The fourth-order valence-corrected chi connectivity index (χ4v) is 2.40. The Balaban J connectivity index is 2.01. The van der Waals surface area contributed by atoms with Gasteiger partial charge in [-0.1, -0.05) is 0 Å². The first-order valence-electron chi connectivity index (χ1n) is 6.48. The van der Waals surface area contributed by atoms with Gasteiger partial charge in [-0.15, -0.1) is 0 Å². The molecule has 4 nitrogen and oxygen atoms in total. The van der Waals surface area contributed by atoms with Crippen molar-refractivity contribution in [2.45, 2.75) is 25.8 Å². The molecule has 0 bridgehead atoms. The molecule has 0 amide bonds. The number of hydrogen-bond donors (Lipinski definition) is 1. The monoisotopic (exact) mass is 247 g/mol. The lowest BCUT2D eigenvalue weighted by atomic mass is 9.92. The van der Waals surface area contributed by atoms with Crippen molar-refractivity contribution >= 4 is 5.78 Å². The summed E-state index contributed by atoms with van der Waals surface area (Å²) in [5.41, 5.74) is 0.621. The Morgan fingerprint density at radius 3 is 2.78 bits per heavy atom. The van der Waals surface area contributed by atoms with E-state index in [4.69, 9.17) is 0 Å². The number of ketones is 1. The maximum Gasteiger partial charge on any atom is 0.166 e. The van der Waals surface area contributed by atoms with Crippen LogP contribution < -0.4 is 5.32 Å². The summed E-state index contributed by atoms with van der Waals surface area (Å²) in [4.78, 5) is 18.6. The SMILES string of the molecule is CC(C)(CC(=O)c1cccnc1)N1CCNCC1. The van der Waals surface area contributed by atoms with Crippen LogP contribution in [0.4, 0.5) is 0 Å². The first-order chi connectivity index (χ1) is 8.59. The number of pyridine rings is 1. The van der Waals surface area contributed by atoms with Crippen LogP contribution in [0, 0.1) is 0 Å². The second-order valence-electron chi connectivity index (χ2n) is 5.39. The second kappa shape index (κ2) is 5.59. The number of piperazine rings is 1. The Labute approximate surface area is 108 Å². The fourth-order valence-electron chi connectivity index (χ4n) is 2.40. The van der Waals surface area contributed by atoms with Crippen LogP contribution >= 0.6 is 0 Å². The van der Waals surface area contributed by atoms with E-state index >= 15 is 0 Å². The number of aromatic nitrogens is 1. The Hall–Kier alpha value is -1.26. The van der Waals surface area contributed by atoms with Crippen LogP contribution in [0.25, 0.3) is 0 Å². The van der Waals surface area contributed by atoms with Crippen molar-refractivity contribution in [3.63, 3.8) is 0 Å². The molecular weight excluding hydrogens is 226 g/mol. The summed E-state index contributed by atoms with van der Waals surface area (Å²) in [6.07, 6.45) is 3.88. The lowest BCUT2D eigenvalue weighted by molar-refractivity contribution is 0.0729. The van der Waals surface area contributed by atoms with Crippen LogP contribution in [0.15, 0.2) is 24.5 Å². The van der Waals surface area contributed by atoms with Crippen LogP contribution in [0.2, 0.25) is 0 Å². The molecule has 0 aromatic carbocycles. The molecule has 1 N–H and O–H groups in total. The molecule has 0 atom stereocenters. The van der Waals surface area contributed by atoms with E-state index in [1.165, 1.54) is 0 Å². The molecule has 4 heteroatoms. The third-order valence-corrected chi connectivity index (χ3v) is 3.55. The van der Waals surface area contributed by atoms with Crippen molar-refractivity contribution in [2.24, 2.45) is 0 Å². The van der Waals surface area contributed by atoms with Gasteiger partial charge in [0.15, 0.2) is 5.78 Å². The quantitative estimate of drug-likeness (QED) is 0.816. The highest BCUT2D eigenvalue weighted by Gasteiger charge is 2.30.